The summed E-state index contributed by atoms with van der Waals surface area (Å²) in [5.74, 6) is 2.13. The molecule has 1 atom stereocenters. The number of hydrogen-bond acceptors (Lipinski definition) is 5. The topological polar surface area (TPSA) is 64.6 Å². The molecule has 1 aliphatic heterocycles. The lowest BCUT2D eigenvalue weighted by Crippen LogP contribution is -2.52. The summed E-state index contributed by atoms with van der Waals surface area (Å²) in [6, 6.07) is 10.9. The fraction of sp³-hybridized carbons (Fsp3) is 0.560. The fourth-order valence-electron chi connectivity index (χ4n) is 4.00. The highest BCUT2D eigenvalue weighted by Crippen LogP contribution is 2.20. The van der Waals surface area contributed by atoms with Crippen LogP contribution in [0.1, 0.15) is 55.4 Å². The third-order valence-corrected chi connectivity index (χ3v) is 6.11. The molecule has 1 saturated heterocycles. The molecule has 1 aliphatic rings. The van der Waals surface area contributed by atoms with Gasteiger partial charge in [-0.25, -0.2) is 14.8 Å². The monoisotopic (exact) mass is 438 g/mol. The Balaban J connectivity index is 1.55. The van der Waals surface area contributed by atoms with Gasteiger partial charge in [0.15, 0.2) is 0 Å². The minimum absolute atomic E-state index is 0.00316. The molecule has 0 spiro atoms. The molecule has 0 aliphatic carbocycles. The standard InChI is InChI=1S/C25H38N6O/c1-7-20-8-10-21(11-9-20)22(29(5)6)17-26-25(32)31-14-12-30(13-15-31)23-16-19(4)27-24(28-23)18(2)3/h8-11,16,18,22H,7,12-15,17H2,1-6H3,(H,26,32). The van der Waals surface area contributed by atoms with Crippen molar-refractivity contribution in [3.05, 3.63) is 53.0 Å². The van der Waals surface area contributed by atoms with Gasteiger partial charge in [-0.15, -0.1) is 0 Å². The van der Waals surface area contributed by atoms with Crippen LogP contribution in [0.2, 0.25) is 0 Å². The van der Waals surface area contributed by atoms with Gasteiger partial charge in [0.2, 0.25) is 0 Å². The van der Waals surface area contributed by atoms with Crippen LogP contribution in [-0.2, 0) is 6.42 Å². The minimum atomic E-state index is 0.00316. The number of anilines is 1. The molecule has 32 heavy (non-hydrogen) atoms. The predicted octanol–water partition coefficient (Wildman–Crippen LogP) is 3.61. The first-order chi connectivity index (χ1) is 15.3. The average Bonchev–Trinajstić information content (AvgIpc) is 2.79. The van der Waals surface area contributed by atoms with Crippen LogP contribution in [-0.4, -0.2) is 72.6 Å². The van der Waals surface area contributed by atoms with Crippen molar-refractivity contribution in [1.82, 2.24) is 25.1 Å². The SMILES string of the molecule is CCc1ccc(C(CNC(=O)N2CCN(c3cc(C)nc(C(C)C)n3)CC2)N(C)C)cc1. The van der Waals surface area contributed by atoms with Gasteiger partial charge >= 0.3 is 6.03 Å². The van der Waals surface area contributed by atoms with Crippen molar-refractivity contribution >= 4 is 11.8 Å². The van der Waals surface area contributed by atoms with Crippen molar-refractivity contribution in [3.8, 4) is 0 Å². The van der Waals surface area contributed by atoms with Gasteiger partial charge in [-0.1, -0.05) is 45.0 Å². The van der Waals surface area contributed by atoms with Crippen LogP contribution in [0.5, 0.6) is 0 Å². The Bertz CT molecular complexity index is 888. The number of carbonyl (C=O) groups is 1. The Morgan fingerprint density at radius 1 is 1.09 bits per heavy atom. The number of likely N-dealkylation sites (N-methyl/N-ethyl adjacent to an activating group) is 1. The lowest BCUT2D eigenvalue weighted by Gasteiger charge is -2.36. The lowest BCUT2D eigenvalue weighted by molar-refractivity contribution is 0.189. The number of urea groups is 1. The number of piperazine rings is 1. The van der Waals surface area contributed by atoms with Crippen molar-refractivity contribution in [2.75, 3.05) is 51.7 Å². The molecule has 2 amide bonds. The van der Waals surface area contributed by atoms with Crippen LogP contribution >= 0.6 is 0 Å². The Morgan fingerprint density at radius 2 is 1.75 bits per heavy atom. The summed E-state index contributed by atoms with van der Waals surface area (Å²) in [5.41, 5.74) is 3.53. The Hall–Kier alpha value is -2.67. The zero-order chi connectivity index (χ0) is 23.3. The molecule has 2 aromatic rings. The van der Waals surface area contributed by atoms with E-state index in [1.54, 1.807) is 0 Å². The molecule has 3 rings (SSSR count). The highest BCUT2D eigenvalue weighted by Gasteiger charge is 2.24. The second-order valence-corrected chi connectivity index (χ2v) is 9.12. The predicted molar refractivity (Wildman–Crippen MR) is 130 cm³/mol. The molecule has 1 fully saturated rings. The Kier molecular flexibility index (Phi) is 8.07. The van der Waals surface area contributed by atoms with E-state index in [4.69, 9.17) is 4.98 Å². The van der Waals surface area contributed by atoms with Gasteiger partial charge in [-0.2, -0.15) is 0 Å². The molecule has 1 aromatic carbocycles. The van der Waals surface area contributed by atoms with E-state index in [0.717, 1.165) is 36.8 Å². The molecule has 1 N–H and O–H groups in total. The summed E-state index contributed by atoms with van der Waals surface area (Å²) >= 11 is 0. The van der Waals surface area contributed by atoms with E-state index in [0.29, 0.717) is 25.6 Å². The molecule has 7 heteroatoms. The van der Waals surface area contributed by atoms with Crippen LogP contribution < -0.4 is 10.2 Å². The van der Waals surface area contributed by atoms with Crippen molar-refractivity contribution in [3.63, 3.8) is 0 Å². The van der Waals surface area contributed by atoms with Crippen molar-refractivity contribution in [2.24, 2.45) is 0 Å². The first kappa shape index (κ1) is 24.0. The zero-order valence-corrected chi connectivity index (χ0v) is 20.4. The van der Waals surface area contributed by atoms with Crippen LogP contribution in [0.4, 0.5) is 10.6 Å². The number of amides is 2. The number of rotatable bonds is 7. The van der Waals surface area contributed by atoms with E-state index in [-0.39, 0.29) is 12.1 Å². The van der Waals surface area contributed by atoms with Gasteiger partial charge in [0.1, 0.15) is 11.6 Å². The number of aromatic nitrogens is 2. The third kappa shape index (κ3) is 5.97. The Morgan fingerprint density at radius 3 is 2.31 bits per heavy atom. The molecule has 0 bridgehead atoms. The summed E-state index contributed by atoms with van der Waals surface area (Å²) < 4.78 is 0. The number of aryl methyl sites for hydroxylation is 2. The molecule has 1 aromatic heterocycles. The number of carbonyl (C=O) groups excluding carboxylic acids is 1. The molecule has 7 nitrogen and oxygen atoms in total. The normalized spacial score (nSPS) is 15.4. The highest BCUT2D eigenvalue weighted by atomic mass is 16.2. The molecule has 0 saturated carbocycles. The minimum Gasteiger partial charge on any atom is -0.353 e. The van der Waals surface area contributed by atoms with E-state index < -0.39 is 0 Å². The second-order valence-electron chi connectivity index (χ2n) is 9.12. The van der Waals surface area contributed by atoms with Gasteiger partial charge in [0.25, 0.3) is 0 Å². The van der Waals surface area contributed by atoms with Gasteiger partial charge < -0.3 is 20.0 Å². The summed E-state index contributed by atoms with van der Waals surface area (Å²) in [6.07, 6.45) is 1.03. The van der Waals surface area contributed by atoms with Crippen molar-refractivity contribution < 1.29 is 4.79 Å². The average molecular weight is 439 g/mol. The summed E-state index contributed by atoms with van der Waals surface area (Å²) in [5, 5.41) is 3.15. The zero-order valence-electron chi connectivity index (χ0n) is 20.4. The fourth-order valence-corrected chi connectivity index (χ4v) is 4.00. The van der Waals surface area contributed by atoms with Gasteiger partial charge in [-0.05, 0) is 38.6 Å². The third-order valence-electron chi connectivity index (χ3n) is 6.11. The van der Waals surface area contributed by atoms with Crippen LogP contribution in [0, 0.1) is 6.92 Å². The van der Waals surface area contributed by atoms with Crippen LogP contribution in [0.15, 0.2) is 30.3 Å². The number of hydrogen-bond donors (Lipinski definition) is 1. The van der Waals surface area contributed by atoms with Gasteiger partial charge in [0.05, 0.1) is 6.04 Å². The second kappa shape index (κ2) is 10.8. The van der Waals surface area contributed by atoms with Gasteiger partial charge in [-0.3, -0.25) is 0 Å². The molecule has 2 heterocycles. The summed E-state index contributed by atoms with van der Waals surface area (Å²) in [4.78, 5) is 28.4. The van der Waals surface area contributed by atoms with Crippen molar-refractivity contribution in [1.29, 1.82) is 0 Å². The Labute approximate surface area is 192 Å². The lowest BCUT2D eigenvalue weighted by atomic mass is 10.0. The molecule has 174 valence electrons. The maximum Gasteiger partial charge on any atom is 0.317 e. The molecule has 1 unspecified atom stereocenters. The van der Waals surface area contributed by atoms with E-state index in [1.165, 1.54) is 11.1 Å². The van der Waals surface area contributed by atoms with Crippen LogP contribution in [0.3, 0.4) is 0 Å². The van der Waals surface area contributed by atoms with Crippen molar-refractivity contribution in [2.45, 2.75) is 46.1 Å². The van der Waals surface area contributed by atoms with E-state index in [9.17, 15) is 4.79 Å². The first-order valence-electron chi connectivity index (χ1n) is 11.7. The molecular weight excluding hydrogens is 400 g/mol. The van der Waals surface area contributed by atoms with Gasteiger partial charge in [0, 0.05) is 50.4 Å². The first-order valence-corrected chi connectivity index (χ1v) is 11.7. The highest BCUT2D eigenvalue weighted by molar-refractivity contribution is 5.74. The summed E-state index contributed by atoms with van der Waals surface area (Å²) in [6.45, 7) is 11.9. The van der Waals surface area contributed by atoms with E-state index in [1.807, 2.05) is 17.9 Å². The smallest absolute Gasteiger partial charge is 0.317 e. The number of benzene rings is 1. The maximum absolute atomic E-state index is 12.8. The maximum atomic E-state index is 12.8. The quantitative estimate of drug-likeness (QED) is 0.716. The van der Waals surface area contributed by atoms with E-state index in [2.05, 4.69) is 79.2 Å². The van der Waals surface area contributed by atoms with Crippen LogP contribution in [0.25, 0.3) is 0 Å². The largest absolute Gasteiger partial charge is 0.353 e. The molecule has 0 radical (unpaired) electrons. The number of nitrogens with one attached hydrogen (secondary N) is 1. The summed E-state index contributed by atoms with van der Waals surface area (Å²) in [7, 11) is 4.11. The number of nitrogens with zero attached hydrogens (tertiary/aromatic N) is 5. The molecular formula is C25H38N6O. The van der Waals surface area contributed by atoms with E-state index >= 15 is 0 Å².